The van der Waals surface area contributed by atoms with Crippen LogP contribution in [0.4, 0.5) is 8.78 Å². The molecule has 8 heteroatoms. The van der Waals surface area contributed by atoms with Crippen LogP contribution in [0.25, 0.3) is 27.7 Å². The van der Waals surface area contributed by atoms with Crippen LogP contribution < -0.4 is 0 Å². The van der Waals surface area contributed by atoms with Crippen molar-refractivity contribution in [2.75, 3.05) is 0 Å². The lowest BCUT2D eigenvalue weighted by Crippen LogP contribution is -2.20. The number of aryl methyl sites for hydroxylation is 1. The van der Waals surface area contributed by atoms with Gasteiger partial charge in [-0.2, -0.15) is 23.7 Å². The molecular formula is C23H14F2N6. The van der Waals surface area contributed by atoms with E-state index in [0.29, 0.717) is 22.2 Å². The van der Waals surface area contributed by atoms with Crippen LogP contribution in [-0.4, -0.2) is 24.8 Å². The molecule has 0 N–H and O–H groups in total. The van der Waals surface area contributed by atoms with Crippen LogP contribution in [0, 0.1) is 18.3 Å². The Morgan fingerprint density at radius 1 is 0.968 bits per heavy atom. The minimum Gasteiger partial charge on any atom is -0.256 e. The molecule has 0 saturated carbocycles. The Bertz CT molecular complexity index is 1500. The zero-order chi connectivity index (χ0) is 21.6. The van der Waals surface area contributed by atoms with Crippen molar-refractivity contribution in [3.63, 3.8) is 0 Å². The van der Waals surface area contributed by atoms with E-state index in [4.69, 9.17) is 5.26 Å². The number of aromatic nitrogens is 5. The van der Waals surface area contributed by atoms with Crippen molar-refractivity contribution in [2.24, 2.45) is 0 Å². The van der Waals surface area contributed by atoms with Crippen molar-refractivity contribution in [3.8, 4) is 17.2 Å². The zero-order valence-electron chi connectivity index (χ0n) is 16.3. The summed E-state index contributed by atoms with van der Waals surface area (Å²) in [6, 6.07) is 18.5. The van der Waals surface area contributed by atoms with E-state index in [-0.39, 0.29) is 11.2 Å². The molecule has 3 aromatic heterocycles. The second-order valence-electron chi connectivity index (χ2n) is 7.17. The standard InChI is InChI=1S/C23H14F2N6/c1-14-5-8-21-28-29-22(31(21)30-14)23(24,25)19-6-7-20-17(11-19)10-18(13-27-20)16-4-2-3-15(9-16)12-26/h2-11,13H,1H3. The van der Waals surface area contributed by atoms with Crippen LogP contribution in [0.15, 0.2) is 66.9 Å². The summed E-state index contributed by atoms with van der Waals surface area (Å²) in [5.74, 6) is -3.96. The largest absolute Gasteiger partial charge is 0.333 e. The van der Waals surface area contributed by atoms with Crippen molar-refractivity contribution in [1.82, 2.24) is 24.8 Å². The molecule has 0 unspecified atom stereocenters. The number of benzene rings is 2. The first-order valence-electron chi connectivity index (χ1n) is 9.44. The topological polar surface area (TPSA) is 79.8 Å². The molecule has 5 aromatic rings. The third-order valence-electron chi connectivity index (χ3n) is 5.05. The fourth-order valence-electron chi connectivity index (χ4n) is 3.46. The number of halogens is 2. The van der Waals surface area contributed by atoms with Gasteiger partial charge in [-0.05, 0) is 55.0 Å². The molecule has 0 aliphatic heterocycles. The van der Waals surface area contributed by atoms with Crippen LogP contribution in [0.2, 0.25) is 0 Å². The summed E-state index contributed by atoms with van der Waals surface area (Å²) >= 11 is 0. The highest BCUT2D eigenvalue weighted by molar-refractivity contribution is 5.84. The van der Waals surface area contributed by atoms with Crippen molar-refractivity contribution < 1.29 is 8.78 Å². The van der Waals surface area contributed by atoms with Gasteiger partial charge in [0.15, 0.2) is 5.65 Å². The SMILES string of the molecule is Cc1ccc2nnc(C(F)(F)c3ccc4ncc(-c5cccc(C#N)c5)cc4c3)n2n1. The lowest BCUT2D eigenvalue weighted by Gasteiger charge is -2.15. The Labute approximate surface area is 175 Å². The van der Waals surface area contributed by atoms with Gasteiger partial charge in [-0.1, -0.05) is 18.2 Å². The molecule has 0 aliphatic rings. The molecule has 0 fully saturated rings. The molecule has 31 heavy (non-hydrogen) atoms. The van der Waals surface area contributed by atoms with E-state index < -0.39 is 11.7 Å². The normalized spacial score (nSPS) is 11.7. The van der Waals surface area contributed by atoms with Gasteiger partial charge in [-0.25, -0.2) is 0 Å². The number of alkyl halides is 2. The van der Waals surface area contributed by atoms with E-state index in [1.165, 1.54) is 12.1 Å². The number of hydrogen-bond donors (Lipinski definition) is 0. The first-order chi connectivity index (χ1) is 15.0. The van der Waals surface area contributed by atoms with Crippen LogP contribution in [0.3, 0.4) is 0 Å². The highest BCUT2D eigenvalue weighted by Gasteiger charge is 2.40. The van der Waals surface area contributed by atoms with Gasteiger partial charge in [0.2, 0.25) is 5.82 Å². The zero-order valence-corrected chi connectivity index (χ0v) is 16.3. The summed E-state index contributed by atoms with van der Waals surface area (Å²) in [6.07, 6.45) is 1.66. The summed E-state index contributed by atoms with van der Waals surface area (Å²) in [6.45, 7) is 1.71. The maximum absolute atomic E-state index is 15.4. The van der Waals surface area contributed by atoms with Gasteiger partial charge in [0.1, 0.15) is 0 Å². The average Bonchev–Trinajstić information content (AvgIpc) is 3.22. The van der Waals surface area contributed by atoms with E-state index in [1.807, 2.05) is 6.07 Å². The average molecular weight is 412 g/mol. The number of nitrogens with zero attached hydrogens (tertiary/aromatic N) is 6. The third kappa shape index (κ3) is 3.16. The Morgan fingerprint density at radius 3 is 2.68 bits per heavy atom. The molecule has 6 nitrogen and oxygen atoms in total. The molecule has 0 aliphatic carbocycles. The summed E-state index contributed by atoms with van der Waals surface area (Å²) in [5, 5.41) is 21.3. The van der Waals surface area contributed by atoms with Crippen molar-refractivity contribution in [1.29, 1.82) is 5.26 Å². The first-order valence-corrected chi connectivity index (χ1v) is 9.44. The van der Waals surface area contributed by atoms with Crippen molar-refractivity contribution >= 4 is 16.6 Å². The minimum absolute atomic E-state index is 0.234. The maximum atomic E-state index is 15.4. The molecule has 150 valence electrons. The highest BCUT2D eigenvalue weighted by atomic mass is 19.3. The molecule has 3 heterocycles. The van der Waals surface area contributed by atoms with Crippen LogP contribution in [-0.2, 0) is 5.92 Å². The smallest absolute Gasteiger partial charge is 0.256 e. The van der Waals surface area contributed by atoms with Gasteiger partial charge in [-0.3, -0.25) is 4.98 Å². The van der Waals surface area contributed by atoms with Gasteiger partial charge < -0.3 is 0 Å². The molecule has 0 atom stereocenters. The Kier molecular flexibility index (Phi) is 4.19. The second-order valence-corrected chi connectivity index (χ2v) is 7.17. The van der Waals surface area contributed by atoms with Crippen molar-refractivity contribution in [2.45, 2.75) is 12.8 Å². The number of pyridine rings is 1. The number of rotatable bonds is 3. The van der Waals surface area contributed by atoms with Crippen molar-refractivity contribution in [3.05, 3.63) is 89.5 Å². The maximum Gasteiger partial charge on any atom is 0.333 e. The lowest BCUT2D eigenvalue weighted by atomic mass is 10.0. The molecular weight excluding hydrogens is 398 g/mol. The summed E-state index contributed by atoms with van der Waals surface area (Å²) in [5.41, 5.74) is 3.21. The number of nitriles is 1. The van der Waals surface area contributed by atoms with Gasteiger partial charge >= 0.3 is 5.92 Å². The van der Waals surface area contributed by atoms with E-state index >= 15 is 8.78 Å². The van der Waals surface area contributed by atoms with E-state index in [2.05, 4.69) is 26.3 Å². The lowest BCUT2D eigenvalue weighted by molar-refractivity contribution is 0.0307. The molecule has 0 spiro atoms. The van der Waals surface area contributed by atoms with Gasteiger partial charge in [0.25, 0.3) is 0 Å². The predicted octanol–water partition coefficient (Wildman–Crippen LogP) is 4.66. The highest BCUT2D eigenvalue weighted by Crippen LogP contribution is 2.36. The molecule has 0 saturated heterocycles. The van der Waals surface area contributed by atoms with Gasteiger partial charge in [0.05, 0.1) is 22.8 Å². The van der Waals surface area contributed by atoms with Gasteiger partial charge in [-0.15, -0.1) is 10.2 Å². The Hall–Kier alpha value is -4.25. The number of fused-ring (bicyclic) bond motifs is 2. The Morgan fingerprint density at radius 2 is 1.84 bits per heavy atom. The quantitative estimate of drug-likeness (QED) is 0.431. The third-order valence-corrected chi connectivity index (χ3v) is 5.05. The van der Waals surface area contributed by atoms with Crippen LogP contribution >= 0.6 is 0 Å². The summed E-state index contributed by atoms with van der Waals surface area (Å²) in [4.78, 5) is 4.39. The predicted molar refractivity (Wildman–Crippen MR) is 110 cm³/mol. The first kappa shape index (κ1) is 18.8. The summed E-state index contributed by atoms with van der Waals surface area (Å²) in [7, 11) is 0. The summed E-state index contributed by atoms with van der Waals surface area (Å²) < 4.78 is 31.9. The molecule has 0 amide bonds. The molecule has 0 bridgehead atoms. The fraction of sp³-hybridized carbons (Fsp3) is 0.0870. The van der Waals surface area contributed by atoms with E-state index in [9.17, 15) is 0 Å². The van der Waals surface area contributed by atoms with Crippen LogP contribution in [0.1, 0.15) is 22.6 Å². The fourth-order valence-corrected chi connectivity index (χ4v) is 3.46. The Balaban J connectivity index is 1.62. The van der Waals surface area contributed by atoms with Crippen LogP contribution in [0.5, 0.6) is 0 Å². The second kappa shape index (κ2) is 6.92. The number of hydrogen-bond acceptors (Lipinski definition) is 5. The minimum atomic E-state index is -3.41. The monoisotopic (exact) mass is 412 g/mol. The molecule has 2 aromatic carbocycles. The van der Waals surface area contributed by atoms with E-state index in [0.717, 1.165) is 15.6 Å². The molecule has 0 radical (unpaired) electrons. The van der Waals surface area contributed by atoms with E-state index in [1.54, 1.807) is 55.6 Å². The van der Waals surface area contributed by atoms with Gasteiger partial charge in [0, 0.05) is 22.7 Å². The molecule has 5 rings (SSSR count).